The van der Waals surface area contributed by atoms with Crippen molar-refractivity contribution in [1.29, 1.82) is 0 Å². The Morgan fingerprint density at radius 1 is 1.00 bits per heavy atom. The van der Waals surface area contributed by atoms with Crippen LogP contribution < -0.4 is 4.74 Å². The lowest BCUT2D eigenvalue weighted by molar-refractivity contribution is -0.237. The van der Waals surface area contributed by atoms with E-state index in [0.29, 0.717) is 5.75 Å². The summed E-state index contributed by atoms with van der Waals surface area (Å²) in [5, 5.41) is -4.89. The van der Waals surface area contributed by atoms with E-state index in [4.69, 9.17) is 4.74 Å². The Kier molecular flexibility index (Phi) is 7.74. The molecular formula is C21H23F5N2OS. The van der Waals surface area contributed by atoms with Gasteiger partial charge < -0.3 is 9.64 Å². The molecule has 0 atom stereocenters. The zero-order chi connectivity index (χ0) is 22.5. The summed E-state index contributed by atoms with van der Waals surface area (Å²) in [6.07, 6.45) is -3.87. The first-order valence-corrected chi connectivity index (χ1v) is 10.1. The molecule has 0 aliphatic heterocycles. The Bertz CT molecular complexity index is 895. The largest absolute Gasteiger partial charge is 0.464 e. The minimum Gasteiger partial charge on any atom is -0.457 e. The van der Waals surface area contributed by atoms with Crippen LogP contribution in [0.2, 0.25) is 0 Å². The average Bonchev–Trinajstić information content (AvgIpc) is 2.65. The molecule has 0 saturated carbocycles. The third kappa shape index (κ3) is 6.10. The van der Waals surface area contributed by atoms with Gasteiger partial charge in [-0.05, 0) is 80.9 Å². The van der Waals surface area contributed by atoms with Crippen LogP contribution in [0.15, 0.2) is 46.3 Å². The highest BCUT2D eigenvalue weighted by atomic mass is 32.2. The zero-order valence-electron chi connectivity index (χ0n) is 17.1. The van der Waals surface area contributed by atoms with Gasteiger partial charge in [-0.3, -0.25) is 0 Å². The number of hydrogen-bond donors (Lipinski definition) is 0. The lowest BCUT2D eigenvalue weighted by atomic mass is 10.1. The highest BCUT2D eigenvalue weighted by Crippen LogP contribution is 2.48. The number of aliphatic imine (C=N–C) groups is 1. The SMILES string of the molecule is CCN(C=Nc1cc(C)c(Oc2cccc(SC(F)(F)C(F)(F)F)c2)cc1C)CC. The van der Waals surface area contributed by atoms with Crippen LogP contribution in [0.3, 0.4) is 0 Å². The van der Waals surface area contributed by atoms with Crippen LogP contribution in [0.1, 0.15) is 25.0 Å². The van der Waals surface area contributed by atoms with E-state index in [1.807, 2.05) is 38.7 Å². The van der Waals surface area contributed by atoms with Crippen LogP contribution in [0.4, 0.5) is 27.6 Å². The maximum absolute atomic E-state index is 13.3. The minimum absolute atomic E-state index is 0.167. The summed E-state index contributed by atoms with van der Waals surface area (Å²) in [4.78, 5) is 6.28. The Morgan fingerprint density at radius 2 is 1.67 bits per heavy atom. The van der Waals surface area contributed by atoms with Crippen LogP contribution >= 0.6 is 11.8 Å². The van der Waals surface area contributed by atoms with Crippen LogP contribution in [0.25, 0.3) is 0 Å². The zero-order valence-corrected chi connectivity index (χ0v) is 17.9. The molecule has 30 heavy (non-hydrogen) atoms. The summed E-state index contributed by atoms with van der Waals surface area (Å²) in [5.74, 6) is 0.638. The van der Waals surface area contributed by atoms with Gasteiger partial charge in [0.2, 0.25) is 0 Å². The van der Waals surface area contributed by atoms with Crippen molar-refractivity contribution in [3.05, 3.63) is 47.5 Å². The first-order chi connectivity index (χ1) is 14.0. The summed E-state index contributed by atoms with van der Waals surface area (Å²) in [7, 11) is 0. The fourth-order valence-corrected chi connectivity index (χ4v) is 3.22. The predicted octanol–water partition coefficient (Wildman–Crippen LogP) is 7.34. The van der Waals surface area contributed by atoms with Crippen molar-refractivity contribution >= 4 is 23.8 Å². The third-order valence-electron chi connectivity index (χ3n) is 4.28. The number of thioether (sulfide) groups is 1. The number of nitrogens with zero attached hydrogens (tertiary/aromatic N) is 2. The number of ether oxygens (including phenoxy) is 1. The molecule has 2 rings (SSSR count). The Morgan fingerprint density at radius 3 is 2.27 bits per heavy atom. The van der Waals surface area contributed by atoms with Gasteiger partial charge in [0.25, 0.3) is 0 Å². The second kappa shape index (κ2) is 9.68. The number of aryl methyl sites for hydroxylation is 2. The van der Waals surface area contributed by atoms with E-state index in [1.165, 1.54) is 18.2 Å². The van der Waals surface area contributed by atoms with E-state index in [-0.39, 0.29) is 10.6 Å². The molecule has 164 valence electrons. The normalized spacial score (nSPS) is 12.4. The molecule has 0 aliphatic carbocycles. The molecular weight excluding hydrogens is 423 g/mol. The van der Waals surface area contributed by atoms with Gasteiger partial charge in [0.15, 0.2) is 0 Å². The van der Waals surface area contributed by atoms with Crippen molar-refractivity contribution in [1.82, 2.24) is 4.90 Å². The molecule has 0 fully saturated rings. The maximum Gasteiger partial charge on any atom is 0.464 e. The van der Waals surface area contributed by atoms with Gasteiger partial charge in [-0.2, -0.15) is 22.0 Å². The van der Waals surface area contributed by atoms with Crippen LogP contribution in [0, 0.1) is 13.8 Å². The van der Waals surface area contributed by atoms with Gasteiger partial charge in [0.1, 0.15) is 11.5 Å². The highest BCUT2D eigenvalue weighted by molar-refractivity contribution is 8.00. The van der Waals surface area contributed by atoms with Gasteiger partial charge >= 0.3 is 11.4 Å². The van der Waals surface area contributed by atoms with Crippen molar-refractivity contribution < 1.29 is 26.7 Å². The van der Waals surface area contributed by atoms with Crippen molar-refractivity contribution in [3.8, 4) is 11.5 Å². The van der Waals surface area contributed by atoms with E-state index in [2.05, 4.69) is 4.99 Å². The van der Waals surface area contributed by atoms with Crippen molar-refractivity contribution in [2.45, 2.75) is 44.0 Å². The molecule has 0 amide bonds. The molecule has 0 unspecified atom stereocenters. The summed E-state index contributed by atoms with van der Waals surface area (Å²) >= 11 is -0.561. The second-order valence-electron chi connectivity index (χ2n) is 6.56. The molecule has 0 radical (unpaired) electrons. The number of hydrogen-bond acceptors (Lipinski definition) is 3. The third-order valence-corrected chi connectivity index (χ3v) is 5.25. The monoisotopic (exact) mass is 446 g/mol. The Hall–Kier alpha value is -2.29. The molecule has 3 nitrogen and oxygen atoms in total. The summed E-state index contributed by atoms with van der Waals surface area (Å²) in [5.41, 5.74) is 2.36. The van der Waals surface area contributed by atoms with Gasteiger partial charge in [-0.25, -0.2) is 4.99 Å². The van der Waals surface area contributed by atoms with Gasteiger partial charge in [0.05, 0.1) is 12.0 Å². The summed E-state index contributed by atoms with van der Waals surface area (Å²) < 4.78 is 69.7. The average molecular weight is 446 g/mol. The lowest BCUT2D eigenvalue weighted by Gasteiger charge is -2.19. The van der Waals surface area contributed by atoms with E-state index in [9.17, 15) is 22.0 Å². The Balaban J connectivity index is 2.22. The summed E-state index contributed by atoms with van der Waals surface area (Å²) in [6.45, 7) is 9.39. The molecule has 2 aromatic rings. The Labute approximate surface area is 176 Å². The summed E-state index contributed by atoms with van der Waals surface area (Å²) in [6, 6.07) is 8.80. The van der Waals surface area contributed by atoms with Gasteiger partial charge in [-0.15, -0.1) is 0 Å². The lowest BCUT2D eigenvalue weighted by Crippen LogP contribution is -2.32. The number of rotatable bonds is 8. The van der Waals surface area contributed by atoms with Crippen molar-refractivity contribution in [2.24, 2.45) is 4.99 Å². The number of alkyl halides is 5. The molecule has 0 heterocycles. The first-order valence-electron chi connectivity index (χ1n) is 9.27. The molecule has 0 N–H and O–H groups in total. The molecule has 9 heteroatoms. The van der Waals surface area contributed by atoms with Crippen LogP contribution in [0.5, 0.6) is 11.5 Å². The minimum atomic E-state index is -5.64. The molecule has 2 aromatic carbocycles. The van der Waals surface area contributed by atoms with Crippen molar-refractivity contribution in [3.63, 3.8) is 0 Å². The maximum atomic E-state index is 13.3. The van der Waals surface area contributed by atoms with Crippen LogP contribution in [-0.4, -0.2) is 35.8 Å². The standard InChI is InChI=1S/C21H23F5N2OS/c1-5-28(6-2)13-27-18-10-15(4)19(11-14(18)3)29-16-8-7-9-17(12-16)30-21(25,26)20(22,23)24/h7-13H,5-6H2,1-4H3. The molecule has 0 bridgehead atoms. The quantitative estimate of drug-likeness (QED) is 0.183. The van der Waals surface area contributed by atoms with Crippen molar-refractivity contribution in [2.75, 3.05) is 13.1 Å². The topological polar surface area (TPSA) is 24.8 Å². The molecule has 0 saturated heterocycles. The fourth-order valence-electron chi connectivity index (χ4n) is 2.49. The van der Waals surface area contributed by atoms with E-state index < -0.39 is 23.2 Å². The fraction of sp³-hybridized carbons (Fsp3) is 0.381. The molecule has 0 aromatic heterocycles. The molecule has 0 spiro atoms. The van der Waals surface area contributed by atoms with E-state index >= 15 is 0 Å². The number of benzene rings is 2. The second-order valence-corrected chi connectivity index (χ2v) is 7.75. The number of halogens is 5. The van der Waals surface area contributed by atoms with Gasteiger partial charge in [-0.1, -0.05) is 6.07 Å². The predicted molar refractivity (Wildman–Crippen MR) is 110 cm³/mol. The van der Waals surface area contributed by atoms with E-state index in [0.717, 1.165) is 36.0 Å². The van der Waals surface area contributed by atoms with E-state index in [1.54, 1.807) is 12.4 Å². The smallest absolute Gasteiger partial charge is 0.457 e. The highest BCUT2D eigenvalue weighted by Gasteiger charge is 2.58. The first kappa shape index (κ1) is 24.0. The molecule has 0 aliphatic rings. The van der Waals surface area contributed by atoms with Gasteiger partial charge in [0, 0.05) is 18.0 Å². The van der Waals surface area contributed by atoms with Crippen LogP contribution in [-0.2, 0) is 0 Å².